The predicted molar refractivity (Wildman–Crippen MR) is 179 cm³/mol. The van der Waals surface area contributed by atoms with E-state index < -0.39 is 0 Å². The molecule has 0 spiro atoms. The highest BCUT2D eigenvalue weighted by Crippen LogP contribution is 2.23. The molecule has 12 nitrogen and oxygen atoms in total. The van der Waals surface area contributed by atoms with Gasteiger partial charge in [-0.15, -0.1) is 0 Å². The molecule has 46 heavy (non-hydrogen) atoms. The van der Waals surface area contributed by atoms with Gasteiger partial charge in [0, 0.05) is 48.3 Å². The summed E-state index contributed by atoms with van der Waals surface area (Å²) in [7, 11) is 0. The van der Waals surface area contributed by atoms with Gasteiger partial charge in [0.1, 0.15) is 0 Å². The molecule has 0 aromatic rings. The molecule has 12 heteroatoms. The van der Waals surface area contributed by atoms with Crippen LogP contribution in [0.5, 0.6) is 0 Å². The van der Waals surface area contributed by atoms with Crippen LogP contribution in [0.2, 0.25) is 0 Å². The third-order valence-electron chi connectivity index (χ3n) is 11.1. The zero-order valence-electron chi connectivity index (χ0n) is 27.8. The quantitative estimate of drug-likeness (QED) is 0.191. The Morgan fingerprint density at radius 3 is 0.565 bits per heavy atom. The summed E-state index contributed by atoms with van der Waals surface area (Å²) in [6.45, 7) is 0. The fourth-order valence-corrected chi connectivity index (χ4v) is 8.29. The lowest BCUT2D eigenvalue weighted by Crippen LogP contribution is -2.53. The molecular weight excluding hydrogens is 584 g/mol. The van der Waals surface area contributed by atoms with E-state index in [1.165, 1.54) is 38.5 Å². The number of rotatable bonds is 8. The van der Waals surface area contributed by atoms with Gasteiger partial charge in [-0.3, -0.25) is 0 Å². The van der Waals surface area contributed by atoms with E-state index in [2.05, 4.69) is 42.5 Å². The SMILES string of the molecule is O=C(NC1CCCCC1)N[C@H]1CC[C@H](NC(=O)N[C@H]2CC[C@H](NC(=O)N[C@H]3CC[C@H](NC(=O)NC4CCCCC4)CC3)CC2)CC1. The van der Waals surface area contributed by atoms with E-state index in [1.54, 1.807) is 0 Å². The summed E-state index contributed by atoms with van der Waals surface area (Å²) in [4.78, 5) is 50.2. The van der Waals surface area contributed by atoms with Crippen molar-refractivity contribution in [3.8, 4) is 0 Å². The molecule has 260 valence electrons. The molecule has 0 saturated heterocycles. The van der Waals surface area contributed by atoms with Crippen molar-refractivity contribution in [1.29, 1.82) is 0 Å². The molecule has 8 amide bonds. The van der Waals surface area contributed by atoms with Crippen LogP contribution in [-0.4, -0.2) is 72.5 Å². The average Bonchev–Trinajstić information content (AvgIpc) is 3.05. The third-order valence-corrected chi connectivity index (χ3v) is 11.1. The minimum absolute atomic E-state index is 0.0459. The molecule has 5 rings (SSSR count). The number of carbonyl (C=O) groups excluding carboxylic acids is 4. The maximum absolute atomic E-state index is 12.7. The molecule has 5 fully saturated rings. The maximum atomic E-state index is 12.7. The number of urea groups is 4. The normalized spacial score (nSPS) is 31.0. The molecule has 0 radical (unpaired) electrons. The van der Waals surface area contributed by atoms with Gasteiger partial charge in [0.25, 0.3) is 0 Å². The third kappa shape index (κ3) is 11.7. The Bertz CT molecular complexity index is 900. The molecule has 0 atom stereocenters. The van der Waals surface area contributed by atoms with Crippen molar-refractivity contribution in [3.05, 3.63) is 0 Å². The predicted octanol–water partition coefficient (Wildman–Crippen LogP) is 4.78. The van der Waals surface area contributed by atoms with E-state index in [1.807, 2.05) is 0 Å². The van der Waals surface area contributed by atoms with Crippen LogP contribution < -0.4 is 42.5 Å². The lowest BCUT2D eigenvalue weighted by atomic mass is 9.90. The molecule has 0 heterocycles. The average molecular weight is 645 g/mol. The minimum Gasteiger partial charge on any atom is -0.335 e. The monoisotopic (exact) mass is 644 g/mol. The Kier molecular flexibility index (Phi) is 13.4. The number of nitrogens with one attached hydrogen (secondary N) is 8. The number of carbonyl (C=O) groups is 4. The molecule has 0 aliphatic heterocycles. The van der Waals surface area contributed by atoms with Crippen LogP contribution >= 0.6 is 0 Å². The Hall–Kier alpha value is -2.92. The smallest absolute Gasteiger partial charge is 0.315 e. The van der Waals surface area contributed by atoms with Crippen molar-refractivity contribution >= 4 is 24.1 Å². The van der Waals surface area contributed by atoms with Gasteiger partial charge in [0.2, 0.25) is 0 Å². The summed E-state index contributed by atoms with van der Waals surface area (Å²) in [5, 5.41) is 25.1. The van der Waals surface area contributed by atoms with Crippen LogP contribution in [0.25, 0.3) is 0 Å². The van der Waals surface area contributed by atoms with E-state index in [0.717, 1.165) is 103 Å². The molecule has 5 aliphatic rings. The molecule has 8 N–H and O–H groups in total. The van der Waals surface area contributed by atoms with Crippen molar-refractivity contribution < 1.29 is 19.2 Å². The van der Waals surface area contributed by atoms with E-state index in [0.29, 0.717) is 12.1 Å². The van der Waals surface area contributed by atoms with Crippen LogP contribution in [0.3, 0.4) is 0 Å². The van der Waals surface area contributed by atoms with Crippen molar-refractivity contribution in [2.45, 2.75) is 190 Å². The first-order valence-electron chi connectivity index (χ1n) is 18.7. The Morgan fingerprint density at radius 2 is 0.391 bits per heavy atom. The zero-order chi connectivity index (χ0) is 32.1. The van der Waals surface area contributed by atoms with Gasteiger partial charge in [-0.05, 0) is 103 Å². The largest absolute Gasteiger partial charge is 0.335 e. The van der Waals surface area contributed by atoms with E-state index in [4.69, 9.17) is 0 Å². The Morgan fingerprint density at radius 1 is 0.239 bits per heavy atom. The summed E-state index contributed by atoms with van der Waals surface area (Å²) in [6.07, 6.45) is 21.9. The van der Waals surface area contributed by atoms with Gasteiger partial charge in [-0.2, -0.15) is 0 Å². The van der Waals surface area contributed by atoms with Gasteiger partial charge in [0.15, 0.2) is 0 Å². The molecule has 0 aromatic carbocycles. The number of hydrogen-bond acceptors (Lipinski definition) is 4. The standard InChI is InChI=1S/C34H60N8O4/c43-31(35-23-7-3-1-4-8-23)37-25-11-15-27(16-12-25)39-33(45)41-29-19-21-30(22-20-29)42-34(46)40-28-17-13-26(14-18-28)38-32(44)36-24-9-5-2-6-10-24/h23-30H,1-22H2,(H2,35,37,43)(H2,36,38,44)(H2,39,41,45)(H2,40,42,46)/t25-,26-,27-,28-,29-,30-. The maximum Gasteiger partial charge on any atom is 0.315 e. The number of hydrogen-bond donors (Lipinski definition) is 8. The van der Waals surface area contributed by atoms with Crippen LogP contribution in [0, 0.1) is 0 Å². The first kappa shape index (κ1) is 34.4. The highest BCUT2D eigenvalue weighted by Gasteiger charge is 2.29. The Labute approximate surface area is 275 Å². The molecule has 5 aliphatic carbocycles. The molecule has 0 aromatic heterocycles. The van der Waals surface area contributed by atoms with Crippen molar-refractivity contribution in [1.82, 2.24) is 42.5 Å². The summed E-state index contributed by atoms with van der Waals surface area (Å²) < 4.78 is 0. The van der Waals surface area contributed by atoms with Gasteiger partial charge in [0.05, 0.1) is 0 Å². The lowest BCUT2D eigenvalue weighted by molar-refractivity contribution is 0.208. The Balaban J connectivity index is 0.881. The van der Waals surface area contributed by atoms with E-state index in [-0.39, 0.29) is 60.4 Å². The summed E-state index contributed by atoms with van der Waals surface area (Å²) in [5.74, 6) is 0. The fraction of sp³-hybridized carbons (Fsp3) is 0.882. The second-order valence-electron chi connectivity index (χ2n) is 14.8. The molecule has 0 unspecified atom stereocenters. The minimum atomic E-state index is -0.114. The lowest BCUT2D eigenvalue weighted by Gasteiger charge is -2.33. The van der Waals surface area contributed by atoms with Crippen molar-refractivity contribution in [3.63, 3.8) is 0 Å². The highest BCUT2D eigenvalue weighted by atomic mass is 16.2. The van der Waals surface area contributed by atoms with Gasteiger partial charge < -0.3 is 42.5 Å². The first-order chi connectivity index (χ1) is 22.4. The molecular formula is C34H60N8O4. The van der Waals surface area contributed by atoms with Crippen LogP contribution in [-0.2, 0) is 0 Å². The zero-order valence-corrected chi connectivity index (χ0v) is 27.8. The van der Waals surface area contributed by atoms with Crippen LogP contribution in [0.1, 0.15) is 141 Å². The molecule has 5 saturated carbocycles. The van der Waals surface area contributed by atoms with Crippen LogP contribution in [0.15, 0.2) is 0 Å². The fourth-order valence-electron chi connectivity index (χ4n) is 8.29. The van der Waals surface area contributed by atoms with Gasteiger partial charge in [-0.25, -0.2) is 19.2 Å². The highest BCUT2D eigenvalue weighted by molar-refractivity contribution is 5.76. The second kappa shape index (κ2) is 17.8. The van der Waals surface area contributed by atoms with Gasteiger partial charge >= 0.3 is 24.1 Å². The van der Waals surface area contributed by atoms with Crippen LogP contribution in [0.4, 0.5) is 19.2 Å². The first-order valence-corrected chi connectivity index (χ1v) is 18.7. The molecule has 0 bridgehead atoms. The van der Waals surface area contributed by atoms with E-state index >= 15 is 0 Å². The van der Waals surface area contributed by atoms with Crippen molar-refractivity contribution in [2.24, 2.45) is 0 Å². The summed E-state index contributed by atoms with van der Waals surface area (Å²) >= 11 is 0. The topological polar surface area (TPSA) is 165 Å². The van der Waals surface area contributed by atoms with Crippen molar-refractivity contribution in [2.75, 3.05) is 0 Å². The van der Waals surface area contributed by atoms with E-state index in [9.17, 15) is 19.2 Å². The summed E-state index contributed by atoms with van der Waals surface area (Å²) in [5.41, 5.74) is 0. The van der Waals surface area contributed by atoms with Gasteiger partial charge in [-0.1, -0.05) is 38.5 Å². The second-order valence-corrected chi connectivity index (χ2v) is 14.8. The summed E-state index contributed by atoms with van der Waals surface area (Å²) in [6, 6.07) is 1.12. The number of amides is 8.